The quantitative estimate of drug-likeness (QED) is 0.271. The summed E-state index contributed by atoms with van der Waals surface area (Å²) in [6.45, 7) is 0.956. The van der Waals surface area contributed by atoms with Gasteiger partial charge in [0.15, 0.2) is 12.4 Å². The summed E-state index contributed by atoms with van der Waals surface area (Å²) in [5.74, 6) is -2.13. The second kappa shape index (κ2) is 11.0. The predicted octanol–water partition coefficient (Wildman–Crippen LogP) is 4.76. The van der Waals surface area contributed by atoms with Gasteiger partial charge in [0.25, 0.3) is 5.91 Å². The van der Waals surface area contributed by atoms with Gasteiger partial charge in [-0.3, -0.25) is 24.1 Å². The molecule has 8 heteroatoms. The van der Waals surface area contributed by atoms with Crippen molar-refractivity contribution in [2.45, 2.75) is 32.1 Å². The molecule has 1 aliphatic heterocycles. The molecule has 1 N–H and O–H groups in total. The van der Waals surface area contributed by atoms with Gasteiger partial charge in [0, 0.05) is 11.3 Å². The van der Waals surface area contributed by atoms with E-state index in [4.69, 9.17) is 4.74 Å². The molecule has 2 fully saturated rings. The van der Waals surface area contributed by atoms with Crippen LogP contribution in [0.4, 0.5) is 11.4 Å². The van der Waals surface area contributed by atoms with Crippen LogP contribution in [0.3, 0.4) is 0 Å². The van der Waals surface area contributed by atoms with Crippen LogP contribution in [0.2, 0.25) is 0 Å². The van der Waals surface area contributed by atoms with E-state index in [-0.39, 0.29) is 40.9 Å². The lowest BCUT2D eigenvalue weighted by Gasteiger charge is -2.28. The molecule has 8 nitrogen and oxygen atoms in total. The molecular weight excluding hydrogens is 496 g/mol. The van der Waals surface area contributed by atoms with E-state index in [1.165, 1.54) is 29.5 Å². The normalized spacial score (nSPS) is 20.3. The lowest BCUT2D eigenvalue weighted by molar-refractivity contribution is -0.122. The van der Waals surface area contributed by atoms with Crippen LogP contribution in [-0.4, -0.2) is 36.1 Å². The monoisotopic (exact) mass is 524 g/mol. The van der Waals surface area contributed by atoms with Gasteiger partial charge in [-0.1, -0.05) is 30.3 Å². The van der Waals surface area contributed by atoms with Crippen LogP contribution in [0.1, 0.15) is 58.4 Å². The number of hydrogen-bond donors (Lipinski definition) is 1. The molecule has 0 bridgehead atoms. The van der Waals surface area contributed by atoms with E-state index >= 15 is 0 Å². The summed E-state index contributed by atoms with van der Waals surface area (Å²) in [6.07, 6.45) is 2.17. The second-order valence-corrected chi connectivity index (χ2v) is 9.95. The number of nitrogens with one attached hydrogen (secondary N) is 1. The number of ketones is 1. The van der Waals surface area contributed by atoms with Crippen LogP contribution in [0, 0.1) is 11.8 Å². The van der Waals surface area contributed by atoms with Gasteiger partial charge in [-0.2, -0.15) is 0 Å². The first-order valence-corrected chi connectivity index (χ1v) is 12.9. The van der Waals surface area contributed by atoms with E-state index in [2.05, 4.69) is 17.4 Å². The zero-order valence-electron chi connectivity index (χ0n) is 21.5. The Morgan fingerprint density at radius 1 is 0.821 bits per heavy atom. The molecule has 0 radical (unpaired) electrons. The number of carbonyl (C=O) groups is 5. The van der Waals surface area contributed by atoms with Crippen LogP contribution in [-0.2, 0) is 19.1 Å². The molecule has 0 unspecified atom stereocenters. The number of ether oxygens (including phenoxy) is 1. The third-order valence-electron chi connectivity index (χ3n) is 7.47. The fraction of sp³-hybridized carbons (Fsp3) is 0.258. The Morgan fingerprint density at radius 3 is 2.13 bits per heavy atom. The molecule has 3 aromatic rings. The third kappa shape index (κ3) is 5.50. The average molecular weight is 525 g/mol. The maximum Gasteiger partial charge on any atom is 0.338 e. The van der Waals surface area contributed by atoms with Crippen molar-refractivity contribution in [3.63, 3.8) is 0 Å². The number of anilines is 2. The smallest absolute Gasteiger partial charge is 0.338 e. The van der Waals surface area contributed by atoms with Gasteiger partial charge in [-0.15, -0.1) is 0 Å². The fourth-order valence-corrected chi connectivity index (χ4v) is 5.41. The minimum Gasteiger partial charge on any atom is -0.452 e. The van der Waals surface area contributed by atoms with Crippen molar-refractivity contribution in [2.75, 3.05) is 16.8 Å². The molecule has 1 heterocycles. The van der Waals surface area contributed by atoms with Gasteiger partial charge in [0.2, 0.25) is 11.8 Å². The molecule has 39 heavy (non-hydrogen) atoms. The fourth-order valence-electron chi connectivity index (χ4n) is 5.41. The van der Waals surface area contributed by atoms with Crippen LogP contribution >= 0.6 is 0 Å². The number of esters is 1. The van der Waals surface area contributed by atoms with Gasteiger partial charge in [0.05, 0.1) is 23.1 Å². The van der Waals surface area contributed by atoms with Crippen molar-refractivity contribution in [1.29, 1.82) is 0 Å². The molecule has 2 aliphatic rings. The predicted molar refractivity (Wildman–Crippen MR) is 144 cm³/mol. The highest BCUT2D eigenvalue weighted by Crippen LogP contribution is 2.45. The molecule has 3 atom stereocenters. The van der Waals surface area contributed by atoms with Crippen molar-refractivity contribution in [2.24, 2.45) is 11.8 Å². The molecule has 1 aliphatic carbocycles. The SMILES string of the molecule is CC(=O)c1ccc(NC(=O)COC(=O)c2ccc(N3C(=O)[C@@H]4CC[C@H](c5ccccc5)C[C@H]4C3=O)cc2)cc1. The van der Waals surface area contributed by atoms with E-state index in [0.29, 0.717) is 29.8 Å². The first-order chi connectivity index (χ1) is 18.8. The summed E-state index contributed by atoms with van der Waals surface area (Å²) in [6, 6.07) is 22.5. The van der Waals surface area contributed by atoms with Gasteiger partial charge < -0.3 is 10.1 Å². The van der Waals surface area contributed by atoms with Gasteiger partial charge >= 0.3 is 5.97 Å². The maximum absolute atomic E-state index is 13.3. The van der Waals surface area contributed by atoms with Crippen molar-refractivity contribution in [1.82, 2.24) is 0 Å². The van der Waals surface area contributed by atoms with Crippen molar-refractivity contribution >= 4 is 40.8 Å². The lowest BCUT2D eigenvalue weighted by Crippen LogP contribution is -2.30. The largest absolute Gasteiger partial charge is 0.452 e. The molecule has 5 rings (SSSR count). The average Bonchev–Trinajstić information content (AvgIpc) is 3.21. The standard InChI is InChI=1S/C31H28N2O6/c1-19(34)20-7-12-24(13-8-20)32-28(35)18-39-31(38)22-9-14-25(15-10-22)33-29(36)26-16-11-23(17-27(26)30(33)37)21-5-3-2-4-6-21/h2-10,12-15,23,26-27H,11,16-18H2,1H3,(H,32,35)/t23-,26+,27+/m0/s1. The van der Waals surface area contributed by atoms with E-state index in [9.17, 15) is 24.0 Å². The first-order valence-electron chi connectivity index (χ1n) is 12.9. The van der Waals surface area contributed by atoms with E-state index in [1.54, 1.807) is 36.4 Å². The Kier molecular flexibility index (Phi) is 7.36. The second-order valence-electron chi connectivity index (χ2n) is 9.95. The Hall–Kier alpha value is -4.59. The van der Waals surface area contributed by atoms with Gasteiger partial charge in [-0.05, 0) is 86.2 Å². The van der Waals surface area contributed by atoms with Gasteiger partial charge in [0.1, 0.15) is 0 Å². The summed E-state index contributed by atoms with van der Waals surface area (Å²) in [5, 5.41) is 2.60. The van der Waals surface area contributed by atoms with Crippen LogP contribution in [0.15, 0.2) is 78.9 Å². The Morgan fingerprint density at radius 2 is 1.46 bits per heavy atom. The van der Waals surface area contributed by atoms with Crippen LogP contribution < -0.4 is 10.2 Å². The lowest BCUT2D eigenvalue weighted by atomic mass is 9.73. The minimum atomic E-state index is -0.706. The number of nitrogens with zero attached hydrogens (tertiary/aromatic N) is 1. The highest BCUT2D eigenvalue weighted by Gasteiger charge is 2.50. The number of benzene rings is 3. The van der Waals surface area contributed by atoms with Gasteiger partial charge in [-0.25, -0.2) is 4.79 Å². The van der Waals surface area contributed by atoms with Crippen molar-refractivity contribution in [3.8, 4) is 0 Å². The number of fused-ring (bicyclic) bond motifs is 1. The minimum absolute atomic E-state index is 0.0821. The molecule has 0 aromatic heterocycles. The highest BCUT2D eigenvalue weighted by molar-refractivity contribution is 6.22. The Bertz CT molecular complexity index is 1420. The molecular formula is C31H28N2O6. The number of rotatable bonds is 7. The summed E-state index contributed by atoms with van der Waals surface area (Å²) >= 11 is 0. The molecule has 3 aromatic carbocycles. The summed E-state index contributed by atoms with van der Waals surface area (Å²) in [7, 11) is 0. The number of hydrogen-bond acceptors (Lipinski definition) is 6. The van der Waals surface area contributed by atoms with E-state index in [0.717, 1.165) is 6.42 Å². The first kappa shape index (κ1) is 26.0. The summed E-state index contributed by atoms with van der Waals surface area (Å²) in [5.41, 5.74) is 2.80. The Labute approximate surface area is 226 Å². The molecule has 1 saturated heterocycles. The highest BCUT2D eigenvalue weighted by atomic mass is 16.5. The molecule has 1 saturated carbocycles. The van der Waals surface area contributed by atoms with Crippen LogP contribution in [0.25, 0.3) is 0 Å². The number of imide groups is 1. The number of amides is 3. The maximum atomic E-state index is 13.3. The third-order valence-corrected chi connectivity index (χ3v) is 7.47. The zero-order valence-corrected chi connectivity index (χ0v) is 21.5. The summed E-state index contributed by atoms with van der Waals surface area (Å²) < 4.78 is 5.11. The molecule has 198 valence electrons. The zero-order chi connectivity index (χ0) is 27.5. The number of carbonyl (C=O) groups excluding carboxylic acids is 5. The van der Waals surface area contributed by atoms with Crippen molar-refractivity contribution < 1.29 is 28.7 Å². The van der Waals surface area contributed by atoms with Crippen LogP contribution in [0.5, 0.6) is 0 Å². The van der Waals surface area contributed by atoms with E-state index < -0.39 is 18.5 Å². The molecule has 3 amide bonds. The molecule has 0 spiro atoms. The topological polar surface area (TPSA) is 110 Å². The van der Waals surface area contributed by atoms with E-state index in [1.807, 2.05) is 18.2 Å². The number of Topliss-reactive ketones (excluding diaryl/α,β-unsaturated/α-hetero) is 1. The summed E-state index contributed by atoms with van der Waals surface area (Å²) in [4.78, 5) is 63.7. The van der Waals surface area contributed by atoms with Crippen molar-refractivity contribution in [3.05, 3.63) is 95.6 Å². The Balaban J connectivity index is 1.18.